The van der Waals surface area contributed by atoms with Crippen molar-refractivity contribution in [3.63, 3.8) is 0 Å². The van der Waals surface area contributed by atoms with Crippen LogP contribution in [0.25, 0.3) is 0 Å². The topological polar surface area (TPSA) is 63.1 Å². The highest BCUT2D eigenvalue weighted by Crippen LogP contribution is 2.49. The second kappa shape index (κ2) is 10.3. The lowest BCUT2D eigenvalue weighted by molar-refractivity contribution is -0.119. The number of hydrogen-bond donors (Lipinski definition) is 1. The maximum atomic E-state index is 12.6. The molecule has 3 rings (SSSR count). The summed E-state index contributed by atoms with van der Waals surface area (Å²) in [6.07, 6.45) is 8.66. The van der Waals surface area contributed by atoms with E-state index in [1.54, 1.807) is 0 Å². The molecule has 0 saturated heterocycles. The van der Waals surface area contributed by atoms with Crippen LogP contribution in [-0.2, 0) is 11.3 Å². The van der Waals surface area contributed by atoms with Crippen LogP contribution in [0.1, 0.15) is 77.6 Å². The molecule has 1 N–H and O–H groups in total. The first-order valence-corrected chi connectivity index (χ1v) is 12.4. The van der Waals surface area contributed by atoms with Crippen LogP contribution in [0.15, 0.2) is 5.16 Å². The summed E-state index contributed by atoms with van der Waals surface area (Å²) < 4.78 is 2.23. The van der Waals surface area contributed by atoms with Crippen molar-refractivity contribution >= 4 is 17.7 Å². The van der Waals surface area contributed by atoms with Gasteiger partial charge in [0.1, 0.15) is 0 Å². The summed E-state index contributed by atoms with van der Waals surface area (Å²) in [7, 11) is 4.18. The van der Waals surface area contributed by atoms with Crippen molar-refractivity contribution in [2.75, 3.05) is 19.8 Å². The number of carbonyl (C=O) groups is 1. The molecule has 2 saturated carbocycles. The Morgan fingerprint density at radius 1 is 1.28 bits per heavy atom. The molecule has 0 aliphatic heterocycles. The van der Waals surface area contributed by atoms with Gasteiger partial charge in [-0.1, -0.05) is 38.5 Å². The fourth-order valence-electron chi connectivity index (χ4n) is 5.40. The number of fused-ring (bicyclic) bond motifs is 2. The van der Waals surface area contributed by atoms with E-state index in [2.05, 4.69) is 59.8 Å². The average Bonchev–Trinajstić information content (AvgIpc) is 3.41. The third-order valence-electron chi connectivity index (χ3n) is 6.94. The van der Waals surface area contributed by atoms with Gasteiger partial charge in [-0.25, -0.2) is 0 Å². The highest BCUT2D eigenvalue weighted by atomic mass is 32.2. The average molecular weight is 422 g/mol. The zero-order valence-electron chi connectivity index (χ0n) is 18.9. The fraction of sp³-hybridized carbons (Fsp3) is 0.864. The lowest BCUT2D eigenvalue weighted by Crippen LogP contribution is -2.41. The van der Waals surface area contributed by atoms with E-state index in [9.17, 15) is 4.79 Å². The van der Waals surface area contributed by atoms with E-state index in [0.717, 1.165) is 48.6 Å². The molecule has 1 heterocycles. The van der Waals surface area contributed by atoms with Crippen LogP contribution in [0, 0.1) is 17.8 Å². The number of nitrogens with zero attached hydrogens (tertiary/aromatic N) is 4. The molecule has 0 spiro atoms. The Morgan fingerprint density at radius 3 is 2.66 bits per heavy atom. The normalized spacial score (nSPS) is 25.5. The first kappa shape index (κ1) is 22.6. The van der Waals surface area contributed by atoms with Crippen molar-refractivity contribution < 1.29 is 4.79 Å². The second-order valence-electron chi connectivity index (χ2n) is 9.22. The number of nitrogens with one attached hydrogen (secondary N) is 1. The van der Waals surface area contributed by atoms with Gasteiger partial charge in [0.25, 0.3) is 0 Å². The van der Waals surface area contributed by atoms with Gasteiger partial charge in [0.15, 0.2) is 11.0 Å². The van der Waals surface area contributed by atoms with Crippen LogP contribution >= 0.6 is 11.8 Å². The third kappa shape index (κ3) is 5.35. The van der Waals surface area contributed by atoms with Gasteiger partial charge >= 0.3 is 0 Å². The van der Waals surface area contributed by atoms with E-state index < -0.39 is 0 Å². The van der Waals surface area contributed by atoms with E-state index in [1.807, 2.05) is 0 Å². The summed E-state index contributed by atoms with van der Waals surface area (Å²) in [6.45, 7) is 7.48. The van der Waals surface area contributed by atoms with Crippen LogP contribution in [0.4, 0.5) is 0 Å². The third-order valence-corrected chi connectivity index (χ3v) is 7.91. The predicted octanol–water partition coefficient (Wildman–Crippen LogP) is 4.12. The Bertz CT molecular complexity index is 676. The van der Waals surface area contributed by atoms with Crippen molar-refractivity contribution in [3.05, 3.63) is 5.82 Å². The van der Waals surface area contributed by atoms with Crippen molar-refractivity contribution in [2.45, 2.75) is 89.5 Å². The van der Waals surface area contributed by atoms with E-state index in [4.69, 9.17) is 0 Å². The molecule has 5 atom stereocenters. The molecule has 2 aliphatic carbocycles. The minimum absolute atomic E-state index is 0.122. The minimum atomic E-state index is 0.122. The number of amides is 1. The Kier molecular flexibility index (Phi) is 8.02. The van der Waals surface area contributed by atoms with Gasteiger partial charge in [0.2, 0.25) is 5.91 Å². The minimum Gasteiger partial charge on any atom is -0.353 e. The number of rotatable bonds is 11. The molecule has 1 aromatic rings. The highest BCUT2D eigenvalue weighted by Gasteiger charge is 2.42. The summed E-state index contributed by atoms with van der Waals surface area (Å²) >= 11 is 1.52. The Labute approximate surface area is 180 Å². The van der Waals surface area contributed by atoms with Gasteiger partial charge < -0.3 is 9.88 Å². The molecule has 0 radical (unpaired) electrons. The van der Waals surface area contributed by atoms with Gasteiger partial charge in [0.05, 0.1) is 11.8 Å². The smallest absolute Gasteiger partial charge is 0.230 e. The summed E-state index contributed by atoms with van der Waals surface area (Å²) in [5.74, 6) is 3.97. The largest absolute Gasteiger partial charge is 0.353 e. The van der Waals surface area contributed by atoms with Crippen LogP contribution in [-0.4, -0.2) is 51.5 Å². The molecule has 1 amide bonds. The van der Waals surface area contributed by atoms with Crippen LogP contribution in [0.5, 0.6) is 0 Å². The maximum Gasteiger partial charge on any atom is 0.230 e. The molecule has 2 aliphatic rings. The highest BCUT2D eigenvalue weighted by molar-refractivity contribution is 7.99. The molecule has 0 unspecified atom stereocenters. The second-order valence-corrected chi connectivity index (χ2v) is 10.2. The Morgan fingerprint density at radius 2 is 2.07 bits per heavy atom. The molecule has 6 nitrogen and oxygen atoms in total. The molecule has 1 aromatic heterocycles. The van der Waals surface area contributed by atoms with Gasteiger partial charge in [0, 0.05) is 12.6 Å². The first-order chi connectivity index (χ1) is 13.9. The van der Waals surface area contributed by atoms with Crippen LogP contribution in [0.2, 0.25) is 0 Å². The monoisotopic (exact) mass is 421 g/mol. The number of carbonyl (C=O) groups excluding carboxylic acids is 1. The van der Waals surface area contributed by atoms with E-state index in [-0.39, 0.29) is 18.0 Å². The standard InChI is InChI=1S/C22H39N5OS/c1-6-8-11-27-21(19(7-2)26(4)5)24-25-22(27)29-14-20(28)23-15(3)18-13-16-9-10-17(18)12-16/h15-19H,6-14H2,1-5H3,(H,23,28)/t15-,16+,17+,18+,19+/m1/s1. The predicted molar refractivity (Wildman–Crippen MR) is 119 cm³/mol. The quantitative estimate of drug-likeness (QED) is 0.545. The molecule has 0 aromatic carbocycles. The number of thioether (sulfide) groups is 1. The summed E-state index contributed by atoms with van der Waals surface area (Å²) in [6, 6.07) is 0.533. The van der Waals surface area contributed by atoms with E-state index in [1.165, 1.54) is 37.4 Å². The molecule has 7 heteroatoms. The molecule has 2 bridgehead atoms. The summed E-state index contributed by atoms with van der Waals surface area (Å²) in [5.41, 5.74) is 0. The Balaban J connectivity index is 1.58. The maximum absolute atomic E-state index is 12.6. The van der Waals surface area contributed by atoms with Crippen LogP contribution in [0.3, 0.4) is 0 Å². The van der Waals surface area contributed by atoms with Crippen molar-refractivity contribution in [1.82, 2.24) is 25.0 Å². The summed E-state index contributed by atoms with van der Waals surface area (Å²) in [4.78, 5) is 14.8. The van der Waals surface area contributed by atoms with Crippen LogP contribution < -0.4 is 5.32 Å². The lowest BCUT2D eigenvalue weighted by Gasteiger charge is -2.28. The summed E-state index contributed by atoms with van der Waals surface area (Å²) in [5, 5.41) is 13.1. The van der Waals surface area contributed by atoms with Gasteiger partial charge in [-0.3, -0.25) is 9.69 Å². The number of aromatic nitrogens is 3. The van der Waals surface area contributed by atoms with Crippen molar-refractivity contribution in [3.8, 4) is 0 Å². The van der Waals surface area contributed by atoms with E-state index in [0.29, 0.717) is 11.7 Å². The zero-order valence-corrected chi connectivity index (χ0v) is 19.7. The van der Waals surface area contributed by atoms with Crippen molar-refractivity contribution in [2.24, 2.45) is 17.8 Å². The first-order valence-electron chi connectivity index (χ1n) is 11.5. The number of hydrogen-bond acceptors (Lipinski definition) is 5. The van der Waals surface area contributed by atoms with Gasteiger partial charge in [-0.2, -0.15) is 0 Å². The zero-order chi connectivity index (χ0) is 21.0. The molecular weight excluding hydrogens is 382 g/mol. The van der Waals surface area contributed by atoms with Gasteiger partial charge in [-0.05, 0) is 70.9 Å². The molecular formula is C22H39N5OS. The van der Waals surface area contributed by atoms with Gasteiger partial charge in [-0.15, -0.1) is 10.2 Å². The number of unbranched alkanes of at least 4 members (excludes halogenated alkanes) is 1. The Hall–Kier alpha value is -1.08. The van der Waals surface area contributed by atoms with Crippen molar-refractivity contribution in [1.29, 1.82) is 0 Å². The molecule has 29 heavy (non-hydrogen) atoms. The SMILES string of the molecule is CCCCn1c(SCC(=O)N[C@H](C)[C@@H]2C[C@H]3CC[C@H]2C3)nnc1[C@H](CC)N(C)C. The fourth-order valence-corrected chi connectivity index (χ4v) is 6.18. The molecule has 164 valence electrons. The van der Waals surface area contributed by atoms with E-state index >= 15 is 0 Å². The molecule has 2 fully saturated rings. The lowest BCUT2D eigenvalue weighted by atomic mass is 9.84.